The number of benzene rings is 1. The summed E-state index contributed by atoms with van der Waals surface area (Å²) >= 11 is 1.63. The van der Waals surface area contributed by atoms with Gasteiger partial charge in [0, 0.05) is 42.1 Å². The zero-order chi connectivity index (χ0) is 25.7. The summed E-state index contributed by atoms with van der Waals surface area (Å²) in [6, 6.07) is 9.84. The Hall–Kier alpha value is -3.93. The molecular formula is C26H26N8O2S. The molecule has 188 valence electrons. The molecule has 11 heteroatoms. The lowest BCUT2D eigenvalue weighted by Crippen LogP contribution is -2.54. The summed E-state index contributed by atoms with van der Waals surface area (Å²) in [6.07, 6.45) is 3.53. The summed E-state index contributed by atoms with van der Waals surface area (Å²) in [6.45, 7) is 8.15. The van der Waals surface area contributed by atoms with E-state index in [4.69, 9.17) is 10.3 Å². The lowest BCUT2D eigenvalue weighted by molar-refractivity contribution is 0.102. The maximum absolute atomic E-state index is 13.4. The van der Waals surface area contributed by atoms with Crippen molar-refractivity contribution in [1.29, 1.82) is 0 Å². The van der Waals surface area contributed by atoms with Gasteiger partial charge < -0.3 is 15.6 Å². The Morgan fingerprint density at radius 3 is 2.73 bits per heavy atom. The van der Waals surface area contributed by atoms with Crippen LogP contribution in [-0.4, -0.2) is 54.4 Å². The summed E-state index contributed by atoms with van der Waals surface area (Å²) in [5.41, 5.74) is 11.3. The summed E-state index contributed by atoms with van der Waals surface area (Å²) in [4.78, 5) is 30.1. The van der Waals surface area contributed by atoms with Gasteiger partial charge in [-0.3, -0.25) is 14.1 Å². The smallest absolute Gasteiger partial charge is 0.274 e. The van der Waals surface area contributed by atoms with Crippen LogP contribution in [0.2, 0.25) is 0 Å². The SMILES string of the molecule is Cc1nc(C)c(-c2ccc3ncc(C(=O)Nc4cc(-c5noc(CN6CC(N)C6)n5)ccc4C)n3c2)s1. The maximum Gasteiger partial charge on any atom is 0.274 e. The zero-order valence-electron chi connectivity index (χ0n) is 20.7. The number of hydrogen-bond acceptors (Lipinski definition) is 9. The van der Waals surface area contributed by atoms with Crippen LogP contribution in [0.25, 0.3) is 27.5 Å². The summed E-state index contributed by atoms with van der Waals surface area (Å²) in [5.74, 6) is 0.760. The Kier molecular flexibility index (Phi) is 5.82. The topological polar surface area (TPSA) is 127 Å². The van der Waals surface area contributed by atoms with Crippen LogP contribution in [0, 0.1) is 20.8 Å². The number of aromatic nitrogens is 5. The van der Waals surface area contributed by atoms with Crippen molar-refractivity contribution in [1.82, 2.24) is 29.4 Å². The molecule has 1 aliphatic heterocycles. The minimum atomic E-state index is -0.259. The molecule has 1 aromatic carbocycles. The average molecular weight is 515 g/mol. The standard InChI is InChI=1S/C26H26N8O2S/c1-14-4-5-17(25-31-23(36-32-25)13-33-11-19(27)12-33)8-20(14)30-26(35)21-9-28-22-7-6-18(10-34(21)22)24-15(2)29-16(3)37-24/h4-10,19H,11-13,27H2,1-3H3,(H,30,35). The first-order valence-electron chi connectivity index (χ1n) is 12.0. The molecule has 1 fully saturated rings. The molecule has 0 atom stereocenters. The molecule has 5 heterocycles. The first kappa shape index (κ1) is 23.5. The van der Waals surface area contributed by atoms with Crippen LogP contribution in [-0.2, 0) is 6.54 Å². The van der Waals surface area contributed by atoms with Gasteiger partial charge in [-0.25, -0.2) is 9.97 Å². The molecule has 5 aromatic rings. The molecule has 0 radical (unpaired) electrons. The number of fused-ring (bicyclic) bond motifs is 1. The predicted molar refractivity (Wildman–Crippen MR) is 141 cm³/mol. The van der Waals surface area contributed by atoms with Crippen LogP contribution in [0.3, 0.4) is 0 Å². The van der Waals surface area contributed by atoms with Gasteiger partial charge in [-0.1, -0.05) is 17.3 Å². The number of nitrogens with two attached hydrogens (primary N) is 1. The molecule has 0 spiro atoms. The van der Waals surface area contributed by atoms with Crippen molar-refractivity contribution >= 4 is 28.6 Å². The number of thiazole rings is 1. The van der Waals surface area contributed by atoms with E-state index < -0.39 is 0 Å². The third kappa shape index (κ3) is 4.52. The van der Waals surface area contributed by atoms with E-state index in [1.807, 2.05) is 61.7 Å². The van der Waals surface area contributed by atoms with Crippen LogP contribution in [0.5, 0.6) is 0 Å². The molecule has 0 unspecified atom stereocenters. The number of hydrogen-bond donors (Lipinski definition) is 2. The Morgan fingerprint density at radius 1 is 1.16 bits per heavy atom. The van der Waals surface area contributed by atoms with E-state index in [1.165, 1.54) is 0 Å². The van der Waals surface area contributed by atoms with Gasteiger partial charge in [0.1, 0.15) is 11.3 Å². The monoisotopic (exact) mass is 514 g/mol. The van der Waals surface area contributed by atoms with E-state index in [9.17, 15) is 4.79 Å². The van der Waals surface area contributed by atoms with Crippen molar-refractivity contribution in [3.05, 3.63) is 70.6 Å². The molecule has 0 bridgehead atoms. The van der Waals surface area contributed by atoms with Gasteiger partial charge in [0.25, 0.3) is 5.91 Å². The highest BCUT2D eigenvalue weighted by molar-refractivity contribution is 7.15. The van der Waals surface area contributed by atoms with Crippen LogP contribution < -0.4 is 11.1 Å². The number of nitrogens with zero attached hydrogens (tertiary/aromatic N) is 6. The number of pyridine rings is 1. The molecule has 37 heavy (non-hydrogen) atoms. The molecule has 1 saturated heterocycles. The summed E-state index contributed by atoms with van der Waals surface area (Å²) in [5, 5.41) is 8.17. The highest BCUT2D eigenvalue weighted by Gasteiger charge is 2.25. The van der Waals surface area contributed by atoms with Gasteiger partial charge >= 0.3 is 0 Å². The number of anilines is 1. The van der Waals surface area contributed by atoms with Crippen LogP contribution in [0.4, 0.5) is 5.69 Å². The largest absolute Gasteiger partial charge is 0.338 e. The molecule has 6 rings (SSSR count). The summed E-state index contributed by atoms with van der Waals surface area (Å²) in [7, 11) is 0. The van der Waals surface area contributed by atoms with Gasteiger partial charge in [0.15, 0.2) is 0 Å². The zero-order valence-corrected chi connectivity index (χ0v) is 21.5. The van der Waals surface area contributed by atoms with E-state index in [1.54, 1.807) is 17.5 Å². The quantitative estimate of drug-likeness (QED) is 0.350. The fraction of sp³-hybridized carbons (Fsp3) is 0.269. The van der Waals surface area contributed by atoms with Crippen molar-refractivity contribution in [2.45, 2.75) is 33.4 Å². The van der Waals surface area contributed by atoms with Gasteiger partial charge in [-0.15, -0.1) is 11.3 Å². The van der Waals surface area contributed by atoms with Crippen LogP contribution in [0.15, 0.2) is 47.2 Å². The fourth-order valence-corrected chi connectivity index (χ4v) is 5.44. The summed E-state index contributed by atoms with van der Waals surface area (Å²) < 4.78 is 7.24. The Balaban J connectivity index is 1.25. The van der Waals surface area contributed by atoms with Crippen LogP contribution in [0.1, 0.15) is 32.6 Å². The first-order chi connectivity index (χ1) is 17.8. The van der Waals surface area contributed by atoms with Gasteiger partial charge in [0.05, 0.1) is 28.3 Å². The molecule has 1 aliphatic rings. The Labute approximate surface area is 217 Å². The fourth-order valence-electron chi connectivity index (χ4n) is 4.53. The van der Waals surface area contributed by atoms with E-state index in [0.717, 1.165) is 45.4 Å². The number of amides is 1. The van der Waals surface area contributed by atoms with E-state index in [0.29, 0.717) is 35.3 Å². The lowest BCUT2D eigenvalue weighted by atomic mass is 10.1. The first-order valence-corrected chi connectivity index (χ1v) is 12.8. The van der Waals surface area contributed by atoms with Crippen molar-refractivity contribution in [2.75, 3.05) is 18.4 Å². The van der Waals surface area contributed by atoms with E-state index >= 15 is 0 Å². The molecule has 0 saturated carbocycles. The minimum Gasteiger partial charge on any atom is -0.338 e. The predicted octanol–water partition coefficient (Wildman–Crippen LogP) is 3.83. The number of carbonyl (C=O) groups is 1. The third-order valence-electron chi connectivity index (χ3n) is 6.46. The minimum absolute atomic E-state index is 0.214. The number of rotatable bonds is 6. The maximum atomic E-state index is 13.4. The second-order valence-electron chi connectivity index (χ2n) is 9.39. The highest BCUT2D eigenvalue weighted by atomic mass is 32.1. The number of nitrogens with one attached hydrogen (secondary N) is 1. The van der Waals surface area contributed by atoms with Crippen molar-refractivity contribution in [2.24, 2.45) is 5.73 Å². The number of likely N-dealkylation sites (tertiary alicyclic amines) is 1. The second-order valence-corrected chi connectivity index (χ2v) is 10.6. The van der Waals surface area contributed by atoms with E-state index in [2.05, 4.69) is 30.3 Å². The third-order valence-corrected chi connectivity index (χ3v) is 7.58. The number of imidazole rings is 1. The highest BCUT2D eigenvalue weighted by Crippen LogP contribution is 2.30. The van der Waals surface area contributed by atoms with Gasteiger partial charge in [0.2, 0.25) is 11.7 Å². The van der Waals surface area contributed by atoms with Crippen molar-refractivity contribution < 1.29 is 9.32 Å². The van der Waals surface area contributed by atoms with Crippen molar-refractivity contribution in [3.63, 3.8) is 0 Å². The molecule has 4 aromatic heterocycles. The van der Waals surface area contributed by atoms with E-state index in [-0.39, 0.29) is 11.9 Å². The normalized spacial score (nSPS) is 14.3. The second kappa shape index (κ2) is 9.18. The van der Waals surface area contributed by atoms with Crippen LogP contribution >= 0.6 is 11.3 Å². The molecule has 0 aliphatic carbocycles. The Morgan fingerprint density at radius 2 is 1.97 bits per heavy atom. The average Bonchev–Trinajstić information content (AvgIpc) is 3.57. The van der Waals surface area contributed by atoms with Gasteiger partial charge in [-0.05, 0) is 44.5 Å². The molecular weight excluding hydrogens is 488 g/mol. The molecule has 1 amide bonds. The number of carbonyl (C=O) groups excluding carboxylic acids is 1. The van der Waals surface area contributed by atoms with Gasteiger partial charge in [-0.2, -0.15) is 4.98 Å². The molecule has 10 nitrogen and oxygen atoms in total. The number of aryl methyl sites for hydroxylation is 3. The lowest BCUT2D eigenvalue weighted by Gasteiger charge is -2.35. The van der Waals surface area contributed by atoms with Crippen molar-refractivity contribution in [3.8, 4) is 21.8 Å². The molecule has 3 N–H and O–H groups in total. The Bertz CT molecular complexity index is 1630.